The van der Waals surface area contributed by atoms with Gasteiger partial charge in [0.2, 0.25) is 0 Å². The summed E-state index contributed by atoms with van der Waals surface area (Å²) in [6.07, 6.45) is 0. The Bertz CT molecular complexity index is 777. The van der Waals surface area contributed by atoms with Gasteiger partial charge >= 0.3 is 12.0 Å². The van der Waals surface area contributed by atoms with Gasteiger partial charge in [0, 0.05) is 5.69 Å². The van der Waals surface area contributed by atoms with Crippen LogP contribution >= 0.6 is 0 Å². The lowest BCUT2D eigenvalue weighted by Gasteiger charge is -2.14. The molecule has 0 fully saturated rings. The maximum atomic E-state index is 12.0. The Hall–Kier alpha value is -3.02. The lowest BCUT2D eigenvalue weighted by atomic mass is 10.1. The van der Waals surface area contributed by atoms with Gasteiger partial charge in [0.1, 0.15) is 12.4 Å². The molecule has 0 atom stereocenters. The quantitative estimate of drug-likeness (QED) is 0.571. The van der Waals surface area contributed by atoms with E-state index in [1.807, 2.05) is 13.8 Å². The number of benzene rings is 2. The second-order valence-electron chi connectivity index (χ2n) is 6.26. The molecule has 0 aliphatic carbocycles. The van der Waals surface area contributed by atoms with Gasteiger partial charge < -0.3 is 20.1 Å². The average Bonchev–Trinajstić information content (AvgIpc) is 2.61. The molecule has 0 aliphatic rings. The van der Waals surface area contributed by atoms with Crippen molar-refractivity contribution in [1.29, 1.82) is 0 Å². The Morgan fingerprint density at radius 2 is 1.63 bits per heavy atom. The summed E-state index contributed by atoms with van der Waals surface area (Å²) < 4.78 is 10.7. The van der Waals surface area contributed by atoms with Crippen molar-refractivity contribution in [3.8, 4) is 5.75 Å². The summed E-state index contributed by atoms with van der Waals surface area (Å²) >= 11 is 0. The first-order valence-corrected chi connectivity index (χ1v) is 8.93. The Labute approximate surface area is 159 Å². The second kappa shape index (κ2) is 9.62. The number of hydrogen-bond acceptors (Lipinski definition) is 4. The van der Waals surface area contributed by atoms with Gasteiger partial charge in [-0.3, -0.25) is 0 Å². The van der Waals surface area contributed by atoms with Crippen LogP contribution in [0.1, 0.15) is 34.0 Å². The number of carbonyl (C=O) groups excluding carboxylic acids is 2. The SMILES string of the molecule is CCOC(=O)c1ccc(NC(=O)NCCOc2c(C)cc(C)cc2C)cc1. The molecule has 2 N–H and O–H groups in total. The molecule has 0 aromatic heterocycles. The van der Waals surface area contributed by atoms with Crippen LogP contribution in [0, 0.1) is 20.8 Å². The third kappa shape index (κ3) is 6.02. The van der Waals surface area contributed by atoms with Crippen LogP contribution in [-0.4, -0.2) is 31.8 Å². The number of carbonyl (C=O) groups is 2. The molecule has 6 heteroatoms. The van der Waals surface area contributed by atoms with Crippen molar-refractivity contribution < 1.29 is 19.1 Å². The average molecular weight is 370 g/mol. The first kappa shape index (κ1) is 20.3. The summed E-state index contributed by atoms with van der Waals surface area (Å²) in [5, 5.41) is 5.45. The van der Waals surface area contributed by atoms with E-state index in [4.69, 9.17) is 9.47 Å². The van der Waals surface area contributed by atoms with E-state index in [1.54, 1.807) is 31.2 Å². The van der Waals surface area contributed by atoms with Crippen molar-refractivity contribution in [2.24, 2.45) is 0 Å². The van der Waals surface area contributed by atoms with Crippen LogP contribution < -0.4 is 15.4 Å². The van der Waals surface area contributed by atoms with Crippen LogP contribution in [0.15, 0.2) is 36.4 Å². The number of anilines is 1. The van der Waals surface area contributed by atoms with E-state index in [1.165, 1.54) is 5.56 Å². The minimum atomic E-state index is -0.382. The summed E-state index contributed by atoms with van der Waals surface area (Å²) in [5.74, 6) is 0.477. The second-order valence-corrected chi connectivity index (χ2v) is 6.26. The highest BCUT2D eigenvalue weighted by atomic mass is 16.5. The zero-order valence-electron chi connectivity index (χ0n) is 16.2. The predicted molar refractivity (Wildman–Crippen MR) is 106 cm³/mol. The largest absolute Gasteiger partial charge is 0.491 e. The summed E-state index contributed by atoms with van der Waals surface area (Å²) in [7, 11) is 0. The fourth-order valence-electron chi connectivity index (χ4n) is 2.79. The Morgan fingerprint density at radius 1 is 1.00 bits per heavy atom. The van der Waals surface area contributed by atoms with Crippen molar-refractivity contribution in [3.63, 3.8) is 0 Å². The van der Waals surface area contributed by atoms with Crippen LogP contribution in [0.25, 0.3) is 0 Å². The molecule has 0 aliphatic heterocycles. The molecule has 144 valence electrons. The van der Waals surface area contributed by atoms with Crippen LogP contribution in [0.4, 0.5) is 10.5 Å². The number of urea groups is 1. The number of hydrogen-bond donors (Lipinski definition) is 2. The molecule has 2 aromatic rings. The normalized spacial score (nSPS) is 10.2. The van der Waals surface area contributed by atoms with E-state index in [0.29, 0.717) is 31.0 Å². The minimum Gasteiger partial charge on any atom is -0.491 e. The lowest BCUT2D eigenvalue weighted by Crippen LogP contribution is -2.32. The summed E-state index contributed by atoms with van der Waals surface area (Å²) in [4.78, 5) is 23.6. The highest BCUT2D eigenvalue weighted by molar-refractivity contribution is 5.92. The Morgan fingerprint density at radius 3 is 2.22 bits per heavy atom. The summed E-state index contributed by atoms with van der Waals surface area (Å²) in [5.41, 5.74) is 4.40. The van der Waals surface area contributed by atoms with E-state index in [9.17, 15) is 9.59 Å². The smallest absolute Gasteiger partial charge is 0.338 e. The fraction of sp³-hybridized carbons (Fsp3) is 0.333. The van der Waals surface area contributed by atoms with Gasteiger partial charge in [0.05, 0.1) is 18.7 Å². The third-order valence-electron chi connectivity index (χ3n) is 3.89. The maximum absolute atomic E-state index is 12.0. The van der Waals surface area contributed by atoms with Crippen molar-refractivity contribution in [3.05, 3.63) is 58.7 Å². The highest BCUT2D eigenvalue weighted by Crippen LogP contribution is 2.24. The standard InChI is InChI=1S/C21H26N2O4/c1-5-26-20(24)17-6-8-18(9-7-17)23-21(25)22-10-11-27-19-15(3)12-14(2)13-16(19)4/h6-9,12-13H,5,10-11H2,1-4H3,(H2,22,23,25). The zero-order valence-corrected chi connectivity index (χ0v) is 16.2. The lowest BCUT2D eigenvalue weighted by molar-refractivity contribution is 0.0526. The molecule has 0 saturated carbocycles. The third-order valence-corrected chi connectivity index (χ3v) is 3.89. The van der Waals surface area contributed by atoms with E-state index in [-0.39, 0.29) is 12.0 Å². The highest BCUT2D eigenvalue weighted by Gasteiger charge is 2.08. The van der Waals surface area contributed by atoms with Gasteiger partial charge in [-0.15, -0.1) is 0 Å². The van der Waals surface area contributed by atoms with Crippen molar-refractivity contribution in [2.75, 3.05) is 25.1 Å². The fourth-order valence-corrected chi connectivity index (χ4v) is 2.79. The monoisotopic (exact) mass is 370 g/mol. The first-order valence-electron chi connectivity index (χ1n) is 8.93. The molecule has 0 radical (unpaired) electrons. The molecular weight excluding hydrogens is 344 g/mol. The van der Waals surface area contributed by atoms with Crippen LogP contribution in [-0.2, 0) is 4.74 Å². The van der Waals surface area contributed by atoms with Crippen LogP contribution in [0.3, 0.4) is 0 Å². The molecule has 0 unspecified atom stereocenters. The number of amides is 2. The first-order chi connectivity index (χ1) is 12.9. The van der Waals surface area contributed by atoms with Crippen LogP contribution in [0.2, 0.25) is 0 Å². The maximum Gasteiger partial charge on any atom is 0.338 e. The topological polar surface area (TPSA) is 76.7 Å². The van der Waals surface area contributed by atoms with E-state index in [2.05, 4.69) is 29.7 Å². The van der Waals surface area contributed by atoms with Crippen LogP contribution in [0.5, 0.6) is 5.75 Å². The van der Waals surface area contributed by atoms with E-state index < -0.39 is 0 Å². The molecule has 2 amide bonds. The van der Waals surface area contributed by atoms with Crippen molar-refractivity contribution in [1.82, 2.24) is 5.32 Å². The molecule has 2 aromatic carbocycles. The zero-order chi connectivity index (χ0) is 19.8. The molecule has 6 nitrogen and oxygen atoms in total. The molecule has 0 saturated heterocycles. The molecule has 0 heterocycles. The number of rotatable bonds is 7. The number of ether oxygens (including phenoxy) is 2. The minimum absolute atomic E-state index is 0.324. The van der Waals surface area contributed by atoms with Gasteiger partial charge in [-0.25, -0.2) is 9.59 Å². The number of aryl methyl sites for hydroxylation is 3. The molecule has 0 spiro atoms. The molecule has 0 bridgehead atoms. The van der Waals surface area contributed by atoms with Gasteiger partial charge in [-0.2, -0.15) is 0 Å². The summed E-state index contributed by atoms with van der Waals surface area (Å²) in [6.45, 7) is 8.90. The Balaban J connectivity index is 1.77. The molecule has 27 heavy (non-hydrogen) atoms. The van der Waals surface area contributed by atoms with E-state index >= 15 is 0 Å². The van der Waals surface area contributed by atoms with Gasteiger partial charge in [0.25, 0.3) is 0 Å². The van der Waals surface area contributed by atoms with Gasteiger partial charge in [0.15, 0.2) is 0 Å². The number of esters is 1. The molecule has 2 rings (SSSR count). The van der Waals surface area contributed by atoms with Gasteiger partial charge in [-0.05, 0) is 63.1 Å². The summed E-state index contributed by atoms with van der Waals surface area (Å²) in [6, 6.07) is 10.3. The van der Waals surface area contributed by atoms with E-state index in [0.717, 1.165) is 16.9 Å². The predicted octanol–water partition coefficient (Wildman–Crippen LogP) is 3.99. The van der Waals surface area contributed by atoms with Crippen molar-refractivity contribution in [2.45, 2.75) is 27.7 Å². The molecular formula is C21H26N2O4. The van der Waals surface area contributed by atoms with Crippen molar-refractivity contribution >= 4 is 17.7 Å². The Kier molecular flexibility index (Phi) is 7.23. The number of nitrogens with one attached hydrogen (secondary N) is 2. The van der Waals surface area contributed by atoms with Gasteiger partial charge in [-0.1, -0.05) is 17.7 Å².